The van der Waals surface area contributed by atoms with E-state index in [4.69, 9.17) is 18.8 Å². The van der Waals surface area contributed by atoms with Gasteiger partial charge in [-0.2, -0.15) is 9.59 Å². The number of hydrogen-bond donors (Lipinski definition) is 1. The maximum Gasteiger partial charge on any atom is 0.373 e. The summed E-state index contributed by atoms with van der Waals surface area (Å²) in [6.07, 6.45) is 9.02. The lowest BCUT2D eigenvalue weighted by Gasteiger charge is -2.38. The van der Waals surface area contributed by atoms with E-state index < -0.39 is 0 Å². The smallest absolute Gasteiger partial charge is 0.373 e. The first-order chi connectivity index (χ1) is 19.0. The van der Waals surface area contributed by atoms with Gasteiger partial charge in [0.1, 0.15) is 17.3 Å². The number of piperidine rings is 1. The van der Waals surface area contributed by atoms with Crippen molar-refractivity contribution in [3.8, 4) is 11.3 Å². The summed E-state index contributed by atoms with van der Waals surface area (Å²) in [5, 5.41) is 7.55. The number of carbonyl (C=O) groups excluding carboxylic acids is 3. The van der Waals surface area contributed by atoms with Crippen molar-refractivity contribution in [3.63, 3.8) is 0 Å². The number of hydrogen-bond acceptors (Lipinski definition) is 7. The topological polar surface area (TPSA) is 115 Å². The van der Waals surface area contributed by atoms with E-state index in [0.29, 0.717) is 18.3 Å². The van der Waals surface area contributed by atoms with Gasteiger partial charge < -0.3 is 14.2 Å². The Balaban J connectivity index is 0.000000983. The molecule has 39 heavy (non-hydrogen) atoms. The van der Waals surface area contributed by atoms with Gasteiger partial charge in [-0.3, -0.25) is 5.32 Å². The molecule has 2 aliphatic heterocycles. The number of pyridine rings is 1. The summed E-state index contributed by atoms with van der Waals surface area (Å²) in [6, 6.07) is 12.6. The summed E-state index contributed by atoms with van der Waals surface area (Å²) in [7, 11) is 0. The minimum absolute atomic E-state index is 0.0359. The monoisotopic (exact) mass is 530 g/mol. The summed E-state index contributed by atoms with van der Waals surface area (Å²) in [4.78, 5) is 35.9. The quantitative estimate of drug-likeness (QED) is 0.420. The van der Waals surface area contributed by atoms with Crippen molar-refractivity contribution in [2.75, 3.05) is 5.32 Å². The molecule has 3 fully saturated rings. The number of nitrogens with one attached hydrogen (secondary N) is 1. The Bertz CT molecular complexity index is 1330. The summed E-state index contributed by atoms with van der Waals surface area (Å²) < 4.78 is 12.4. The number of ether oxygens (including phenoxy) is 1. The second kappa shape index (κ2) is 11.9. The van der Waals surface area contributed by atoms with Crippen LogP contribution in [-0.4, -0.2) is 45.4 Å². The normalized spacial score (nSPS) is 21.6. The van der Waals surface area contributed by atoms with Crippen molar-refractivity contribution < 1.29 is 23.6 Å². The van der Waals surface area contributed by atoms with Crippen LogP contribution in [0.2, 0.25) is 0 Å². The van der Waals surface area contributed by atoms with Crippen LogP contribution in [-0.2, 0) is 27.4 Å². The fourth-order valence-electron chi connectivity index (χ4n) is 5.98. The third kappa shape index (κ3) is 5.79. The zero-order valence-electron chi connectivity index (χ0n) is 22.4. The van der Waals surface area contributed by atoms with Crippen molar-refractivity contribution in [2.45, 2.75) is 89.5 Å². The number of nitrogens with zero attached hydrogens (tertiary/aromatic N) is 3. The minimum Gasteiger partial charge on any atom is -0.373 e. The number of urea groups is 1. The fraction of sp³-hybridized carbons (Fsp3) is 0.467. The second-order valence-corrected chi connectivity index (χ2v) is 10.5. The van der Waals surface area contributed by atoms with Gasteiger partial charge in [-0.15, -0.1) is 0 Å². The molecule has 1 N–H and O–H groups in total. The Morgan fingerprint density at radius 3 is 2.49 bits per heavy atom. The molecule has 2 atom stereocenters. The van der Waals surface area contributed by atoms with E-state index in [1.165, 1.54) is 5.56 Å². The van der Waals surface area contributed by atoms with Crippen molar-refractivity contribution in [1.29, 1.82) is 0 Å². The Hall–Kier alpha value is -3.81. The van der Waals surface area contributed by atoms with Crippen LogP contribution in [0.1, 0.15) is 73.8 Å². The van der Waals surface area contributed by atoms with Crippen LogP contribution < -0.4 is 5.32 Å². The van der Waals surface area contributed by atoms with Gasteiger partial charge in [-0.1, -0.05) is 42.4 Å². The molecule has 1 saturated carbocycles. The third-order valence-electron chi connectivity index (χ3n) is 8.05. The predicted molar refractivity (Wildman–Crippen MR) is 143 cm³/mol. The van der Waals surface area contributed by atoms with Gasteiger partial charge in [0.25, 0.3) is 0 Å². The number of rotatable bonds is 7. The molecule has 2 bridgehead atoms. The van der Waals surface area contributed by atoms with E-state index in [9.17, 15) is 4.79 Å². The fourth-order valence-corrected chi connectivity index (χ4v) is 5.98. The highest BCUT2D eigenvalue weighted by atomic mass is 16.5. The standard InChI is InChI=1S/C29H34N4O3.CO2/c1-3-19-8-6-14-30-28(19)31-29(34)33-21-12-13-22(33)16-23(15-21)35-17-25-26(24-9-5-4-7-18(24)2)32-36-27(25)20-10-11-20;2-1-3/h4-9,14,20-23H,3,10-13,15-17H2,1-2H3,(H,30,31,34);. The van der Waals surface area contributed by atoms with Crippen LogP contribution >= 0.6 is 0 Å². The van der Waals surface area contributed by atoms with Gasteiger partial charge >= 0.3 is 12.2 Å². The number of aryl methyl sites for hydroxylation is 2. The van der Waals surface area contributed by atoms with Crippen molar-refractivity contribution >= 4 is 18.0 Å². The Morgan fingerprint density at radius 2 is 1.82 bits per heavy atom. The van der Waals surface area contributed by atoms with E-state index in [-0.39, 0.29) is 30.4 Å². The van der Waals surface area contributed by atoms with Crippen molar-refractivity contribution in [2.24, 2.45) is 0 Å². The highest BCUT2D eigenvalue weighted by molar-refractivity contribution is 5.89. The highest BCUT2D eigenvalue weighted by Crippen LogP contribution is 2.45. The number of anilines is 1. The van der Waals surface area contributed by atoms with Gasteiger partial charge in [0.05, 0.1) is 12.7 Å². The molecule has 9 heteroatoms. The van der Waals surface area contributed by atoms with Gasteiger partial charge in [0, 0.05) is 35.3 Å². The van der Waals surface area contributed by atoms with E-state index in [2.05, 4.69) is 41.4 Å². The Kier molecular flexibility index (Phi) is 8.19. The highest BCUT2D eigenvalue weighted by Gasteiger charge is 2.44. The lowest BCUT2D eigenvalue weighted by atomic mass is 9.99. The Morgan fingerprint density at radius 1 is 1.10 bits per heavy atom. The lowest BCUT2D eigenvalue weighted by Crippen LogP contribution is -2.50. The first-order valence-corrected chi connectivity index (χ1v) is 13.7. The molecule has 1 aromatic carbocycles. The number of amides is 2. The third-order valence-corrected chi connectivity index (χ3v) is 8.05. The van der Waals surface area contributed by atoms with Gasteiger partial charge in [0.2, 0.25) is 0 Å². The first-order valence-electron chi connectivity index (χ1n) is 13.7. The average Bonchev–Trinajstić information content (AvgIpc) is 3.64. The molecule has 2 unspecified atom stereocenters. The molecule has 2 aromatic heterocycles. The summed E-state index contributed by atoms with van der Waals surface area (Å²) >= 11 is 0. The van der Waals surface area contributed by atoms with Crippen LogP contribution in [0.15, 0.2) is 47.1 Å². The molecule has 0 radical (unpaired) electrons. The average molecular weight is 531 g/mol. The molecule has 3 aromatic rings. The molecule has 2 saturated heterocycles. The molecule has 204 valence electrons. The minimum atomic E-state index is -0.0359. The molecular weight excluding hydrogens is 496 g/mol. The summed E-state index contributed by atoms with van der Waals surface area (Å²) in [6.45, 7) is 4.69. The maximum atomic E-state index is 13.2. The maximum absolute atomic E-state index is 13.2. The summed E-state index contributed by atoms with van der Waals surface area (Å²) in [5.74, 6) is 2.14. The number of carbonyl (C=O) groups is 1. The zero-order valence-corrected chi connectivity index (χ0v) is 22.4. The molecule has 4 heterocycles. The van der Waals surface area contributed by atoms with Crippen molar-refractivity contribution in [3.05, 3.63) is 65.0 Å². The van der Waals surface area contributed by atoms with Crippen LogP contribution in [0.5, 0.6) is 0 Å². The largest absolute Gasteiger partial charge is 0.373 e. The van der Waals surface area contributed by atoms with Crippen LogP contribution in [0, 0.1) is 6.92 Å². The number of aromatic nitrogens is 2. The first kappa shape index (κ1) is 26.8. The predicted octanol–water partition coefficient (Wildman–Crippen LogP) is 5.65. The van der Waals surface area contributed by atoms with E-state index in [1.807, 2.05) is 29.2 Å². The number of benzene rings is 1. The van der Waals surface area contributed by atoms with Gasteiger partial charge in [-0.25, -0.2) is 9.78 Å². The zero-order chi connectivity index (χ0) is 27.4. The van der Waals surface area contributed by atoms with Crippen LogP contribution in [0.4, 0.5) is 10.6 Å². The molecular formula is C30H34N4O5. The molecule has 6 rings (SSSR count). The molecule has 3 aliphatic rings. The second-order valence-electron chi connectivity index (χ2n) is 10.5. The van der Waals surface area contributed by atoms with Gasteiger partial charge in [-0.05, 0) is 69.1 Å². The van der Waals surface area contributed by atoms with E-state index in [1.54, 1.807) is 6.20 Å². The number of fused-ring (bicyclic) bond motifs is 2. The Labute approximate surface area is 227 Å². The van der Waals surface area contributed by atoms with Crippen LogP contribution in [0.3, 0.4) is 0 Å². The SMILES string of the molecule is CCc1cccnc1NC(=O)N1C2CCC1CC(OCc1c(-c3ccccc3C)noc1C1CC1)C2.O=C=O. The van der Waals surface area contributed by atoms with Gasteiger partial charge in [0.15, 0.2) is 0 Å². The molecule has 2 amide bonds. The lowest BCUT2D eigenvalue weighted by molar-refractivity contribution is -0.191. The van der Waals surface area contributed by atoms with Crippen LogP contribution in [0.25, 0.3) is 11.3 Å². The van der Waals surface area contributed by atoms with E-state index in [0.717, 1.165) is 73.1 Å². The van der Waals surface area contributed by atoms with E-state index >= 15 is 0 Å². The molecule has 9 nitrogen and oxygen atoms in total. The molecule has 1 aliphatic carbocycles. The van der Waals surface area contributed by atoms with Crippen molar-refractivity contribution in [1.82, 2.24) is 15.0 Å². The molecule has 0 spiro atoms. The summed E-state index contributed by atoms with van der Waals surface area (Å²) in [5.41, 5.74) is 5.37.